The van der Waals surface area contributed by atoms with E-state index in [0.29, 0.717) is 47.9 Å². The number of nitrogens with zero attached hydrogens (tertiary/aromatic N) is 5. The molecule has 33 heavy (non-hydrogen) atoms. The largest absolute Gasteiger partial charge is 0.495 e. The molecule has 10 nitrogen and oxygen atoms in total. The number of ether oxygens (including phenoxy) is 1. The molecule has 0 radical (unpaired) electrons. The van der Waals surface area contributed by atoms with Crippen LogP contribution in [0.15, 0.2) is 24.4 Å². The molecule has 2 aromatic rings. The van der Waals surface area contributed by atoms with Crippen molar-refractivity contribution in [3.05, 3.63) is 30.0 Å². The van der Waals surface area contributed by atoms with Gasteiger partial charge in [0.1, 0.15) is 11.4 Å². The molecule has 0 atom stereocenters. The first-order chi connectivity index (χ1) is 16.0. The van der Waals surface area contributed by atoms with Crippen LogP contribution in [0.25, 0.3) is 0 Å². The summed E-state index contributed by atoms with van der Waals surface area (Å²) in [4.78, 5) is 40.0. The highest BCUT2D eigenvalue weighted by Gasteiger charge is 2.34. The molecule has 0 bridgehead atoms. The number of aromatic nitrogens is 2. The summed E-state index contributed by atoms with van der Waals surface area (Å²) in [5.41, 5.74) is 1.83. The quantitative estimate of drug-likeness (QED) is 0.692. The van der Waals surface area contributed by atoms with E-state index in [0.717, 1.165) is 18.7 Å². The first kappa shape index (κ1) is 22.6. The van der Waals surface area contributed by atoms with E-state index >= 15 is 0 Å². The molecule has 1 aromatic carbocycles. The van der Waals surface area contributed by atoms with Gasteiger partial charge in [-0.3, -0.25) is 9.69 Å². The van der Waals surface area contributed by atoms with E-state index in [1.807, 2.05) is 11.8 Å². The van der Waals surface area contributed by atoms with Crippen LogP contribution < -0.4 is 25.2 Å². The molecule has 10 heteroatoms. The van der Waals surface area contributed by atoms with E-state index in [1.165, 1.54) is 12.8 Å². The first-order valence-electron chi connectivity index (χ1n) is 11.3. The van der Waals surface area contributed by atoms with E-state index in [9.17, 15) is 9.59 Å². The molecule has 2 heterocycles. The molecule has 0 spiro atoms. The number of carbonyl (C=O) groups is 2. The third kappa shape index (κ3) is 4.37. The molecule has 1 aliphatic carbocycles. The minimum atomic E-state index is -0.193. The van der Waals surface area contributed by atoms with Crippen LogP contribution in [0.4, 0.5) is 27.9 Å². The van der Waals surface area contributed by atoms with Crippen LogP contribution in [0.2, 0.25) is 0 Å². The van der Waals surface area contributed by atoms with Gasteiger partial charge in [0.15, 0.2) is 5.82 Å². The summed E-state index contributed by atoms with van der Waals surface area (Å²) < 4.78 is 5.48. The maximum atomic E-state index is 13.0. The minimum Gasteiger partial charge on any atom is -0.495 e. The van der Waals surface area contributed by atoms with Gasteiger partial charge in [0.25, 0.3) is 5.91 Å². The summed E-state index contributed by atoms with van der Waals surface area (Å²) in [5.74, 6) is 1.45. The molecule has 0 saturated heterocycles. The highest BCUT2D eigenvalue weighted by molar-refractivity contribution is 5.96. The minimum absolute atomic E-state index is 0.0602. The van der Waals surface area contributed by atoms with Crippen molar-refractivity contribution in [2.75, 3.05) is 49.5 Å². The van der Waals surface area contributed by atoms with Gasteiger partial charge in [0.2, 0.25) is 5.95 Å². The molecule has 3 amide bonds. The van der Waals surface area contributed by atoms with Crippen LogP contribution in [0.5, 0.6) is 5.75 Å². The number of hydrogen-bond donors (Lipinski definition) is 2. The van der Waals surface area contributed by atoms with Gasteiger partial charge in [0.05, 0.1) is 25.7 Å². The lowest BCUT2D eigenvalue weighted by atomic mass is 10.1. The number of rotatable bonds is 6. The van der Waals surface area contributed by atoms with Crippen molar-refractivity contribution in [3.63, 3.8) is 0 Å². The van der Waals surface area contributed by atoms with Gasteiger partial charge in [-0.15, -0.1) is 0 Å². The molecular weight excluding hydrogens is 422 g/mol. The lowest BCUT2D eigenvalue weighted by molar-refractivity contribution is 0.0962. The molecule has 176 valence electrons. The fourth-order valence-corrected chi connectivity index (χ4v) is 4.44. The highest BCUT2D eigenvalue weighted by Crippen LogP contribution is 2.37. The lowest BCUT2D eigenvalue weighted by Gasteiger charge is -2.32. The Bertz CT molecular complexity index is 1040. The monoisotopic (exact) mass is 453 g/mol. The molecule has 2 aliphatic rings. The zero-order chi connectivity index (χ0) is 23.5. The van der Waals surface area contributed by atoms with Gasteiger partial charge < -0.3 is 25.2 Å². The topological polar surface area (TPSA) is 103 Å². The van der Waals surface area contributed by atoms with E-state index in [2.05, 4.69) is 20.5 Å². The summed E-state index contributed by atoms with van der Waals surface area (Å²) in [6.07, 6.45) is 6.21. The van der Waals surface area contributed by atoms with Crippen molar-refractivity contribution in [3.8, 4) is 5.75 Å². The molecule has 2 N–H and O–H groups in total. The Labute approximate surface area is 193 Å². The second kappa shape index (κ2) is 9.51. The molecule has 1 saturated carbocycles. The van der Waals surface area contributed by atoms with Crippen LogP contribution in [0.3, 0.4) is 0 Å². The number of benzene rings is 1. The first-order valence-corrected chi connectivity index (χ1v) is 11.3. The number of anilines is 4. The van der Waals surface area contributed by atoms with E-state index in [1.54, 1.807) is 50.5 Å². The fraction of sp³-hybridized carbons (Fsp3) is 0.478. The number of nitrogens with one attached hydrogen (secondary N) is 2. The summed E-state index contributed by atoms with van der Waals surface area (Å²) in [6.45, 7) is 3.10. The Morgan fingerprint density at radius 1 is 1.27 bits per heavy atom. The Morgan fingerprint density at radius 3 is 2.70 bits per heavy atom. The van der Waals surface area contributed by atoms with Gasteiger partial charge in [-0.2, -0.15) is 4.98 Å². The SMILES string of the molecule is CCN1CN(C2CCCC2)c2nc(Nc3ccc(C(=O)NC)cc3OC)ncc2N(C)C1=O. The predicted octanol–water partition coefficient (Wildman–Crippen LogP) is 3.19. The second-order valence-corrected chi connectivity index (χ2v) is 8.27. The van der Waals surface area contributed by atoms with Crippen LogP contribution in [-0.2, 0) is 0 Å². The molecule has 0 unspecified atom stereocenters. The summed E-state index contributed by atoms with van der Waals surface area (Å²) in [5, 5.41) is 5.83. The lowest BCUT2D eigenvalue weighted by Crippen LogP contribution is -2.46. The van der Waals surface area contributed by atoms with Gasteiger partial charge >= 0.3 is 6.03 Å². The zero-order valence-corrected chi connectivity index (χ0v) is 19.6. The average Bonchev–Trinajstić information content (AvgIpc) is 3.35. The van der Waals surface area contributed by atoms with Gasteiger partial charge in [-0.05, 0) is 38.0 Å². The average molecular weight is 454 g/mol. The van der Waals surface area contributed by atoms with Crippen LogP contribution in [0.1, 0.15) is 43.0 Å². The van der Waals surface area contributed by atoms with Crippen molar-refractivity contribution in [1.29, 1.82) is 0 Å². The molecule has 1 aromatic heterocycles. The zero-order valence-electron chi connectivity index (χ0n) is 19.6. The number of urea groups is 1. The Morgan fingerprint density at radius 2 is 2.03 bits per heavy atom. The van der Waals surface area contributed by atoms with Gasteiger partial charge in [-0.1, -0.05) is 12.8 Å². The number of hydrogen-bond acceptors (Lipinski definition) is 7. The maximum absolute atomic E-state index is 13.0. The van der Waals surface area contributed by atoms with Gasteiger partial charge in [-0.25, -0.2) is 9.78 Å². The van der Waals surface area contributed by atoms with E-state index in [4.69, 9.17) is 9.72 Å². The molecule has 1 fully saturated rings. The highest BCUT2D eigenvalue weighted by atomic mass is 16.5. The van der Waals surface area contributed by atoms with Crippen molar-refractivity contribution < 1.29 is 14.3 Å². The Balaban J connectivity index is 1.70. The third-order valence-corrected chi connectivity index (χ3v) is 6.35. The van der Waals surface area contributed by atoms with Crippen LogP contribution in [-0.4, -0.2) is 67.3 Å². The fourth-order valence-electron chi connectivity index (χ4n) is 4.44. The predicted molar refractivity (Wildman–Crippen MR) is 127 cm³/mol. The molecular formula is C23H31N7O3. The van der Waals surface area contributed by atoms with Crippen LogP contribution >= 0.6 is 0 Å². The number of methoxy groups -OCH3 is 1. The van der Waals surface area contributed by atoms with Crippen LogP contribution in [0, 0.1) is 0 Å². The standard InChI is InChI=1S/C23H31N7O3/c1-5-29-14-30(16-8-6-7-9-16)20-18(28(3)23(29)32)13-25-22(27-20)26-17-11-10-15(21(31)24-2)12-19(17)33-4/h10-13,16H,5-9,14H2,1-4H3,(H,24,31)(H,25,26,27). The molecule has 1 aliphatic heterocycles. The maximum Gasteiger partial charge on any atom is 0.325 e. The Hall–Kier alpha value is -3.56. The Kier molecular flexibility index (Phi) is 6.52. The third-order valence-electron chi connectivity index (χ3n) is 6.35. The smallest absolute Gasteiger partial charge is 0.325 e. The summed E-state index contributed by atoms with van der Waals surface area (Å²) in [7, 11) is 4.90. The second-order valence-electron chi connectivity index (χ2n) is 8.27. The van der Waals surface area contributed by atoms with E-state index < -0.39 is 0 Å². The van der Waals surface area contributed by atoms with Crippen molar-refractivity contribution in [1.82, 2.24) is 20.2 Å². The number of amides is 3. The van der Waals surface area contributed by atoms with Gasteiger partial charge in [0, 0.05) is 32.2 Å². The van der Waals surface area contributed by atoms with Crippen molar-refractivity contribution in [2.45, 2.75) is 38.6 Å². The summed E-state index contributed by atoms with van der Waals surface area (Å²) in [6, 6.07) is 5.42. The number of fused-ring (bicyclic) bond motifs is 1. The normalized spacial score (nSPS) is 16.5. The van der Waals surface area contributed by atoms with Crippen molar-refractivity contribution >= 4 is 35.1 Å². The van der Waals surface area contributed by atoms with Crippen molar-refractivity contribution in [2.24, 2.45) is 0 Å². The van der Waals surface area contributed by atoms with E-state index in [-0.39, 0.29) is 11.9 Å². The molecule has 4 rings (SSSR count). The number of carbonyl (C=O) groups excluding carboxylic acids is 2. The summed E-state index contributed by atoms with van der Waals surface area (Å²) >= 11 is 0.